The van der Waals surface area contributed by atoms with Gasteiger partial charge in [-0.2, -0.15) is 13.2 Å². The van der Waals surface area contributed by atoms with Gasteiger partial charge >= 0.3 is 15.5 Å². The van der Waals surface area contributed by atoms with E-state index in [2.05, 4.69) is 0 Å². The summed E-state index contributed by atoms with van der Waals surface area (Å²) >= 11 is 0. The first-order chi connectivity index (χ1) is 7.74. The lowest BCUT2D eigenvalue weighted by molar-refractivity contribution is -0.0450. The van der Waals surface area contributed by atoms with Crippen LogP contribution in [0.3, 0.4) is 0 Å². The van der Waals surface area contributed by atoms with E-state index >= 15 is 0 Å². The number of carbonyl (C=O) groups is 1. The number of nitrogens with one attached hydrogen (secondary N) is 2. The van der Waals surface area contributed by atoms with Crippen molar-refractivity contribution < 1.29 is 26.4 Å². The third-order valence-corrected chi connectivity index (χ3v) is 2.62. The molecule has 9 heteroatoms. The highest BCUT2D eigenvalue weighted by atomic mass is 32.2. The number of alkyl halides is 3. The molecule has 0 bridgehead atoms. The van der Waals surface area contributed by atoms with Gasteiger partial charge in [0.1, 0.15) is 0 Å². The highest BCUT2D eigenvalue weighted by Gasteiger charge is 2.46. The van der Waals surface area contributed by atoms with E-state index in [1.807, 2.05) is 0 Å². The second-order valence-electron chi connectivity index (χ2n) is 2.87. The van der Waals surface area contributed by atoms with Gasteiger partial charge in [0.05, 0.1) is 0 Å². The monoisotopic (exact) mass is 268 g/mol. The lowest BCUT2D eigenvalue weighted by atomic mass is 10.2. The lowest BCUT2D eigenvalue weighted by Gasteiger charge is -2.10. The quantitative estimate of drug-likeness (QED) is 0.795. The van der Waals surface area contributed by atoms with Crippen LogP contribution in [0.2, 0.25) is 0 Å². The van der Waals surface area contributed by atoms with Crippen molar-refractivity contribution in [3.63, 3.8) is 0 Å². The van der Waals surface area contributed by atoms with Gasteiger partial charge in [-0.05, 0) is 12.1 Å². The Morgan fingerprint density at radius 3 is 2.12 bits per heavy atom. The molecule has 0 aliphatic carbocycles. The van der Waals surface area contributed by atoms with Gasteiger partial charge in [0, 0.05) is 5.56 Å². The van der Waals surface area contributed by atoms with Crippen LogP contribution in [0.25, 0.3) is 0 Å². The highest BCUT2D eigenvalue weighted by Crippen LogP contribution is 2.20. The Morgan fingerprint density at radius 1 is 1.12 bits per heavy atom. The van der Waals surface area contributed by atoms with Gasteiger partial charge in [0.2, 0.25) is 0 Å². The zero-order chi connectivity index (χ0) is 13.1. The summed E-state index contributed by atoms with van der Waals surface area (Å²) in [7, 11) is -5.58. The van der Waals surface area contributed by atoms with Gasteiger partial charge < -0.3 is 0 Å². The number of hydrogen-bond donors (Lipinski definition) is 2. The van der Waals surface area contributed by atoms with Crippen LogP contribution in [-0.2, 0) is 10.0 Å². The fraction of sp³-hybridized carbons (Fsp3) is 0.125. The molecule has 0 spiro atoms. The average molecular weight is 268 g/mol. The summed E-state index contributed by atoms with van der Waals surface area (Å²) in [5.74, 6) is -0.988. The normalized spacial score (nSPS) is 12.2. The van der Waals surface area contributed by atoms with Crippen LogP contribution in [0.5, 0.6) is 0 Å². The van der Waals surface area contributed by atoms with E-state index < -0.39 is 21.4 Å². The second-order valence-corrected chi connectivity index (χ2v) is 4.55. The molecule has 0 atom stereocenters. The Labute approximate surface area is 94.7 Å². The van der Waals surface area contributed by atoms with Gasteiger partial charge in [-0.15, -0.1) is 4.83 Å². The van der Waals surface area contributed by atoms with Gasteiger partial charge in [-0.25, -0.2) is 8.42 Å². The predicted molar refractivity (Wildman–Crippen MR) is 52.0 cm³/mol. The van der Waals surface area contributed by atoms with Crippen molar-refractivity contribution in [1.82, 2.24) is 10.3 Å². The van der Waals surface area contributed by atoms with Crippen LogP contribution in [-0.4, -0.2) is 19.8 Å². The molecule has 0 aliphatic heterocycles. The van der Waals surface area contributed by atoms with Crippen molar-refractivity contribution in [3.05, 3.63) is 35.9 Å². The third-order valence-electron chi connectivity index (χ3n) is 1.64. The van der Waals surface area contributed by atoms with E-state index in [0.717, 1.165) is 4.83 Å². The first-order valence-electron chi connectivity index (χ1n) is 4.17. The van der Waals surface area contributed by atoms with Crippen LogP contribution >= 0.6 is 0 Å². The summed E-state index contributed by atoms with van der Waals surface area (Å²) in [4.78, 5) is 12.2. The van der Waals surface area contributed by atoms with Crippen LogP contribution < -0.4 is 10.3 Å². The van der Waals surface area contributed by atoms with Gasteiger partial charge in [0.25, 0.3) is 5.91 Å². The van der Waals surface area contributed by atoms with Crippen LogP contribution in [0.1, 0.15) is 10.4 Å². The molecule has 1 aromatic rings. The Morgan fingerprint density at radius 2 is 1.65 bits per heavy atom. The van der Waals surface area contributed by atoms with Crippen LogP contribution in [0.15, 0.2) is 30.3 Å². The van der Waals surface area contributed by atoms with Crippen molar-refractivity contribution in [2.75, 3.05) is 0 Å². The Kier molecular flexibility index (Phi) is 3.73. The molecular weight excluding hydrogens is 261 g/mol. The number of hydrazine groups is 1. The molecule has 1 aromatic carbocycles. The van der Waals surface area contributed by atoms with Gasteiger partial charge in [-0.3, -0.25) is 10.2 Å². The summed E-state index contributed by atoms with van der Waals surface area (Å²) in [5.41, 5.74) is -4.00. The van der Waals surface area contributed by atoms with Crippen LogP contribution in [0.4, 0.5) is 13.2 Å². The maximum absolute atomic E-state index is 11.9. The Bertz CT molecular complexity index is 498. The molecular formula is C8H7F3N2O3S. The van der Waals surface area contributed by atoms with E-state index in [0.29, 0.717) is 0 Å². The fourth-order valence-corrected chi connectivity index (χ4v) is 1.18. The molecule has 0 aliphatic rings. The van der Waals surface area contributed by atoms with Crippen LogP contribution in [0, 0.1) is 0 Å². The van der Waals surface area contributed by atoms with Crippen molar-refractivity contribution in [2.45, 2.75) is 5.51 Å². The van der Waals surface area contributed by atoms with E-state index in [4.69, 9.17) is 0 Å². The molecule has 1 rings (SSSR count). The largest absolute Gasteiger partial charge is 0.513 e. The summed E-state index contributed by atoms with van der Waals surface area (Å²) in [6, 6.07) is 7.19. The zero-order valence-corrected chi connectivity index (χ0v) is 8.97. The van der Waals surface area contributed by atoms with Crippen molar-refractivity contribution in [3.8, 4) is 0 Å². The molecule has 94 valence electrons. The molecule has 0 saturated heterocycles. The van der Waals surface area contributed by atoms with Gasteiger partial charge in [-0.1, -0.05) is 18.2 Å². The number of sulfonamides is 1. The van der Waals surface area contributed by atoms with Crippen molar-refractivity contribution in [1.29, 1.82) is 0 Å². The predicted octanol–water partition coefficient (Wildman–Crippen LogP) is 0.771. The van der Waals surface area contributed by atoms with E-state index in [9.17, 15) is 26.4 Å². The molecule has 17 heavy (non-hydrogen) atoms. The summed E-state index contributed by atoms with van der Waals surface area (Å²) in [6.45, 7) is 0. The maximum atomic E-state index is 11.9. The average Bonchev–Trinajstić information content (AvgIpc) is 2.25. The number of rotatable bonds is 3. The number of halogens is 3. The van der Waals surface area contributed by atoms with E-state index in [-0.39, 0.29) is 5.56 Å². The molecule has 1 amide bonds. The number of benzene rings is 1. The standard InChI is InChI=1S/C8H7F3N2O3S/c9-8(10,11)17(15,16)13-12-7(14)6-4-2-1-3-5-6/h1-5,13H,(H,12,14). The minimum atomic E-state index is -5.58. The minimum Gasteiger partial charge on any atom is -0.274 e. The zero-order valence-electron chi connectivity index (χ0n) is 8.15. The molecule has 0 saturated carbocycles. The third kappa shape index (κ3) is 3.43. The smallest absolute Gasteiger partial charge is 0.274 e. The first kappa shape index (κ1) is 13.5. The van der Waals surface area contributed by atoms with Gasteiger partial charge in [0.15, 0.2) is 0 Å². The molecule has 2 N–H and O–H groups in total. The van der Waals surface area contributed by atoms with E-state index in [1.165, 1.54) is 29.7 Å². The molecule has 0 unspecified atom stereocenters. The Balaban J connectivity index is 2.68. The molecule has 0 heterocycles. The molecule has 5 nitrogen and oxygen atoms in total. The topological polar surface area (TPSA) is 75.3 Å². The Hall–Kier alpha value is -1.61. The molecule has 0 radical (unpaired) electrons. The molecule has 0 aromatic heterocycles. The molecule has 0 fully saturated rings. The maximum Gasteiger partial charge on any atom is 0.513 e. The summed E-state index contributed by atoms with van der Waals surface area (Å²) in [5, 5.41) is 0. The highest BCUT2D eigenvalue weighted by molar-refractivity contribution is 7.90. The van der Waals surface area contributed by atoms with Crippen molar-refractivity contribution in [2.24, 2.45) is 0 Å². The first-order valence-corrected chi connectivity index (χ1v) is 5.66. The SMILES string of the molecule is O=C(NNS(=O)(=O)C(F)(F)F)c1ccccc1. The second kappa shape index (κ2) is 4.72. The number of amides is 1. The fourth-order valence-electron chi connectivity index (χ4n) is 0.833. The van der Waals surface area contributed by atoms with E-state index in [1.54, 1.807) is 6.07 Å². The number of hydrogen-bond acceptors (Lipinski definition) is 3. The van der Waals surface area contributed by atoms with Crippen molar-refractivity contribution >= 4 is 15.9 Å². The summed E-state index contributed by atoms with van der Waals surface area (Å²) < 4.78 is 56.7. The number of carbonyl (C=O) groups excluding carboxylic acids is 1. The summed E-state index contributed by atoms with van der Waals surface area (Å²) in [6.07, 6.45) is 0. The lowest BCUT2D eigenvalue weighted by Crippen LogP contribution is -2.47. The minimum absolute atomic E-state index is 0.0253.